The van der Waals surface area contributed by atoms with Gasteiger partial charge in [-0.05, 0) is 137 Å². The highest BCUT2D eigenvalue weighted by molar-refractivity contribution is 6.00. The summed E-state index contributed by atoms with van der Waals surface area (Å²) >= 11 is 0. The fourth-order valence-electron chi connectivity index (χ4n) is 10.3. The van der Waals surface area contributed by atoms with Crippen molar-refractivity contribution in [3.05, 3.63) is 70.4 Å². The SMILES string of the molecule is CCC(CC)CNc1ncc2c(C3=CCC(CC4CCN(CC5CCN(CCCOCCCc6ccc7c(c6)n(C)c(=O)n7C6CCC(=O)NC6=O)CC5)CC4)C=C3)c[nH]c2n1. The number of imide groups is 1. The molecule has 2 atom stereocenters. The average Bonchev–Trinajstić information content (AvgIpc) is 3.82. The third-order valence-corrected chi connectivity index (χ3v) is 14.4. The topological polar surface area (TPSA) is 142 Å². The Hall–Kier alpha value is -4.59. The van der Waals surface area contributed by atoms with Crippen molar-refractivity contribution in [2.24, 2.45) is 30.7 Å². The fourth-order valence-corrected chi connectivity index (χ4v) is 10.3. The minimum Gasteiger partial charge on any atom is -0.381 e. The predicted molar refractivity (Wildman–Crippen MR) is 247 cm³/mol. The number of H-pyrrole nitrogens is 1. The van der Waals surface area contributed by atoms with Gasteiger partial charge in [0, 0.05) is 69.7 Å². The van der Waals surface area contributed by atoms with E-state index >= 15 is 0 Å². The van der Waals surface area contributed by atoms with Gasteiger partial charge >= 0.3 is 5.69 Å². The first-order valence-electron chi connectivity index (χ1n) is 23.8. The zero-order valence-corrected chi connectivity index (χ0v) is 37.4. The van der Waals surface area contributed by atoms with Gasteiger partial charge in [0.15, 0.2) is 0 Å². The maximum Gasteiger partial charge on any atom is 0.329 e. The highest BCUT2D eigenvalue weighted by Gasteiger charge is 2.31. The van der Waals surface area contributed by atoms with E-state index in [-0.39, 0.29) is 18.0 Å². The van der Waals surface area contributed by atoms with Crippen LogP contribution in [0.3, 0.4) is 0 Å². The number of carbonyl (C=O) groups is 2. The summed E-state index contributed by atoms with van der Waals surface area (Å²) in [4.78, 5) is 55.4. The number of aryl methyl sites for hydroxylation is 2. The van der Waals surface area contributed by atoms with Gasteiger partial charge in [0.1, 0.15) is 11.7 Å². The van der Waals surface area contributed by atoms with Crippen LogP contribution < -0.4 is 16.3 Å². The number of hydrogen-bond donors (Lipinski definition) is 3. The standard InChI is InChI=1S/C49H69N9O4/c1-4-34(5-2)30-51-48-52-32-41-40(31-50-46(41)54-48)39-12-9-36(10-13-39)28-37-17-24-57(25-18-37)33-38-19-22-56(23-20-38)21-7-27-62-26-6-8-35-11-14-42-44(29-35)55(3)49(61)58(42)43-15-16-45(59)53-47(43)60/h9,11-14,29,31-32,34,36-38,43H,4-8,10,15-28,30,33H2,1-3H3,(H,53,59,60)(H2,50,51,52,54). The quantitative estimate of drug-likeness (QED) is 0.0658. The lowest BCUT2D eigenvalue weighted by Gasteiger charge is -2.38. The van der Waals surface area contributed by atoms with Crippen LogP contribution in [0.25, 0.3) is 27.6 Å². The van der Waals surface area contributed by atoms with Crippen molar-refractivity contribution in [2.45, 2.75) is 103 Å². The van der Waals surface area contributed by atoms with Crippen molar-refractivity contribution in [2.75, 3.05) is 64.3 Å². The number of imidazole rings is 1. The number of aromatic nitrogens is 5. The number of piperidine rings is 3. The molecule has 3 aromatic heterocycles. The Labute approximate surface area is 366 Å². The van der Waals surface area contributed by atoms with Crippen molar-refractivity contribution in [3.63, 3.8) is 0 Å². The van der Waals surface area contributed by atoms with Gasteiger partial charge in [-0.15, -0.1) is 0 Å². The summed E-state index contributed by atoms with van der Waals surface area (Å²) in [6, 6.07) is 5.34. The maximum atomic E-state index is 13.1. The Kier molecular flexibility index (Phi) is 14.7. The zero-order chi connectivity index (χ0) is 43.0. The molecule has 4 aromatic rings. The molecule has 1 aromatic carbocycles. The molecule has 2 amide bonds. The number of nitrogens with zero attached hydrogens (tertiary/aromatic N) is 6. The van der Waals surface area contributed by atoms with Crippen LogP contribution in [0.2, 0.25) is 0 Å². The summed E-state index contributed by atoms with van der Waals surface area (Å²) in [6.45, 7) is 14.1. The lowest BCUT2D eigenvalue weighted by Crippen LogP contribution is -2.44. The summed E-state index contributed by atoms with van der Waals surface area (Å²) < 4.78 is 9.16. The van der Waals surface area contributed by atoms with Gasteiger partial charge < -0.3 is 24.8 Å². The van der Waals surface area contributed by atoms with Crippen LogP contribution in [-0.4, -0.2) is 105 Å². The van der Waals surface area contributed by atoms with Crippen LogP contribution in [0, 0.1) is 23.7 Å². The number of hydrogen-bond acceptors (Lipinski definition) is 9. The van der Waals surface area contributed by atoms with Gasteiger partial charge in [0.05, 0.1) is 11.0 Å². The van der Waals surface area contributed by atoms with Gasteiger partial charge in [0.25, 0.3) is 0 Å². The van der Waals surface area contributed by atoms with Crippen LogP contribution in [0.1, 0.15) is 108 Å². The molecule has 3 N–H and O–H groups in total. The van der Waals surface area contributed by atoms with E-state index in [1.807, 2.05) is 24.4 Å². The highest BCUT2D eigenvalue weighted by atomic mass is 16.5. The van der Waals surface area contributed by atoms with Crippen LogP contribution >= 0.6 is 0 Å². The summed E-state index contributed by atoms with van der Waals surface area (Å²) in [5.74, 6) is 2.92. The second-order valence-electron chi connectivity index (χ2n) is 18.6. The molecule has 62 heavy (non-hydrogen) atoms. The molecule has 0 spiro atoms. The molecular formula is C49H69N9O4. The predicted octanol–water partition coefficient (Wildman–Crippen LogP) is 7.25. The second kappa shape index (κ2) is 20.7. The molecule has 0 saturated carbocycles. The van der Waals surface area contributed by atoms with E-state index in [2.05, 4.69) is 68.7 Å². The Morgan fingerprint density at radius 1 is 0.935 bits per heavy atom. The van der Waals surface area contributed by atoms with E-state index in [0.717, 1.165) is 97.7 Å². The normalized spacial score (nSPS) is 21.1. The van der Waals surface area contributed by atoms with E-state index in [1.165, 1.54) is 80.5 Å². The Bertz CT molecular complexity index is 2270. The summed E-state index contributed by atoms with van der Waals surface area (Å²) in [5, 5.41) is 6.89. The van der Waals surface area contributed by atoms with Crippen molar-refractivity contribution in [3.8, 4) is 0 Å². The second-order valence-corrected chi connectivity index (χ2v) is 18.6. The molecule has 3 fully saturated rings. The van der Waals surface area contributed by atoms with Crippen LogP contribution in [0.15, 0.2) is 53.6 Å². The molecular weight excluding hydrogens is 779 g/mol. The molecule has 4 aliphatic rings. The molecule has 1 aliphatic carbocycles. The molecule has 0 radical (unpaired) electrons. The van der Waals surface area contributed by atoms with Crippen molar-refractivity contribution in [1.82, 2.24) is 39.2 Å². The van der Waals surface area contributed by atoms with Crippen LogP contribution in [-0.2, 0) is 27.8 Å². The Morgan fingerprint density at radius 2 is 1.71 bits per heavy atom. The number of amides is 2. The van der Waals surface area contributed by atoms with E-state index in [1.54, 1.807) is 11.6 Å². The first-order valence-corrected chi connectivity index (χ1v) is 23.8. The van der Waals surface area contributed by atoms with E-state index in [0.29, 0.717) is 30.8 Å². The van der Waals surface area contributed by atoms with Gasteiger partial charge in [0.2, 0.25) is 17.8 Å². The number of nitrogens with one attached hydrogen (secondary N) is 3. The number of rotatable bonds is 19. The van der Waals surface area contributed by atoms with Crippen molar-refractivity contribution < 1.29 is 14.3 Å². The third-order valence-electron chi connectivity index (χ3n) is 14.4. The number of fused-ring (bicyclic) bond motifs is 2. The van der Waals surface area contributed by atoms with Gasteiger partial charge in [-0.3, -0.25) is 24.0 Å². The number of benzene rings is 1. The fraction of sp³-hybridized carbons (Fsp3) is 0.612. The van der Waals surface area contributed by atoms with Crippen molar-refractivity contribution >= 4 is 45.4 Å². The lowest BCUT2D eigenvalue weighted by atomic mass is 9.82. The minimum atomic E-state index is -0.663. The molecule has 3 aliphatic heterocycles. The molecule has 3 saturated heterocycles. The van der Waals surface area contributed by atoms with Crippen LogP contribution in [0.4, 0.5) is 5.95 Å². The van der Waals surface area contributed by atoms with E-state index in [9.17, 15) is 14.4 Å². The first-order chi connectivity index (χ1) is 30.3. The Balaban J connectivity index is 0.673. The largest absolute Gasteiger partial charge is 0.381 e. The molecule has 13 nitrogen and oxygen atoms in total. The van der Waals surface area contributed by atoms with E-state index < -0.39 is 11.9 Å². The minimum absolute atomic E-state index is 0.236. The zero-order valence-electron chi connectivity index (χ0n) is 37.4. The monoisotopic (exact) mass is 848 g/mol. The third kappa shape index (κ3) is 10.6. The number of carbonyl (C=O) groups excluding carboxylic acids is 2. The molecule has 0 bridgehead atoms. The summed E-state index contributed by atoms with van der Waals surface area (Å²) in [6.07, 6.45) is 24.6. The number of anilines is 1. The number of aromatic amines is 1. The Morgan fingerprint density at radius 3 is 2.47 bits per heavy atom. The number of allylic oxidation sites excluding steroid dienone is 4. The molecule has 2 unspecified atom stereocenters. The maximum absolute atomic E-state index is 13.1. The molecule has 8 rings (SSSR count). The molecule has 334 valence electrons. The number of ether oxygens (including phenoxy) is 1. The molecule has 13 heteroatoms. The first kappa shape index (κ1) is 44.0. The summed E-state index contributed by atoms with van der Waals surface area (Å²) in [7, 11) is 1.74. The lowest BCUT2D eigenvalue weighted by molar-refractivity contribution is -0.135. The smallest absolute Gasteiger partial charge is 0.329 e. The molecule has 6 heterocycles. The van der Waals surface area contributed by atoms with E-state index in [4.69, 9.17) is 9.72 Å². The average molecular weight is 848 g/mol. The van der Waals surface area contributed by atoms with Gasteiger partial charge in [-0.25, -0.2) is 9.78 Å². The van der Waals surface area contributed by atoms with Gasteiger partial charge in [-0.1, -0.05) is 51.0 Å². The van der Waals surface area contributed by atoms with Crippen molar-refractivity contribution in [1.29, 1.82) is 0 Å². The van der Waals surface area contributed by atoms with Crippen LogP contribution in [0.5, 0.6) is 0 Å². The highest BCUT2D eigenvalue weighted by Crippen LogP contribution is 2.34. The number of likely N-dealkylation sites (tertiary alicyclic amines) is 2. The van der Waals surface area contributed by atoms with Gasteiger partial charge in [-0.2, -0.15) is 4.98 Å². The summed E-state index contributed by atoms with van der Waals surface area (Å²) in [5.41, 5.74) is 5.81.